The summed E-state index contributed by atoms with van der Waals surface area (Å²) < 4.78 is 1.88. The minimum atomic E-state index is -0.0137. The summed E-state index contributed by atoms with van der Waals surface area (Å²) in [5.41, 5.74) is 1.86. The molecule has 3 heteroatoms. The smallest absolute Gasteiger partial charge is 0.115 e. The van der Waals surface area contributed by atoms with Gasteiger partial charge in [0.15, 0.2) is 0 Å². The number of hydrogen-bond donors (Lipinski definition) is 1. The number of aromatic nitrogens is 1. The highest BCUT2D eigenvalue weighted by atomic mass is 35.5. The predicted molar refractivity (Wildman–Crippen MR) is 53.9 cm³/mol. The first kappa shape index (κ1) is 8.60. The number of para-hydroxylation sites is 1. The lowest BCUT2D eigenvalue weighted by atomic mass is 10.2. The fraction of sp³-hybridized carbons (Fsp3) is 0.200. The van der Waals surface area contributed by atoms with Crippen molar-refractivity contribution in [1.82, 2.24) is 4.57 Å². The molecule has 0 spiro atoms. The van der Waals surface area contributed by atoms with Crippen LogP contribution in [-0.2, 0) is 13.7 Å². The molecule has 2 nitrogen and oxygen atoms in total. The number of hydrogen-bond acceptors (Lipinski definition) is 1. The van der Waals surface area contributed by atoms with Gasteiger partial charge in [0.2, 0.25) is 0 Å². The maximum absolute atomic E-state index is 9.13. The van der Waals surface area contributed by atoms with Gasteiger partial charge < -0.3 is 9.67 Å². The van der Waals surface area contributed by atoms with Crippen molar-refractivity contribution in [1.29, 1.82) is 0 Å². The minimum absolute atomic E-state index is 0.0137. The van der Waals surface area contributed by atoms with E-state index in [4.69, 9.17) is 16.7 Å². The molecule has 1 aromatic heterocycles. The summed E-state index contributed by atoms with van der Waals surface area (Å²) in [4.78, 5) is 0. The third kappa shape index (κ3) is 1.14. The first-order valence-corrected chi connectivity index (χ1v) is 4.46. The summed E-state index contributed by atoms with van der Waals surface area (Å²) in [5.74, 6) is 0. The zero-order valence-electron chi connectivity index (χ0n) is 7.29. The minimum Gasteiger partial charge on any atom is -0.392 e. The molecule has 1 N–H and O–H groups in total. The fourth-order valence-corrected chi connectivity index (χ4v) is 1.84. The number of benzene rings is 1. The van der Waals surface area contributed by atoms with Gasteiger partial charge in [0.05, 0.1) is 6.61 Å². The third-order valence-electron chi connectivity index (χ3n) is 2.29. The lowest BCUT2D eigenvalue weighted by Gasteiger charge is -1.95. The molecule has 0 bridgehead atoms. The molecule has 0 aliphatic carbocycles. The Kier molecular flexibility index (Phi) is 2.02. The number of aliphatic hydroxyl groups is 1. The molecule has 13 heavy (non-hydrogen) atoms. The van der Waals surface area contributed by atoms with Crippen LogP contribution in [0.1, 0.15) is 5.56 Å². The van der Waals surface area contributed by atoms with E-state index in [2.05, 4.69) is 0 Å². The van der Waals surface area contributed by atoms with E-state index in [-0.39, 0.29) is 6.61 Å². The average Bonchev–Trinajstić information content (AvgIpc) is 2.41. The molecule has 0 atom stereocenters. The second kappa shape index (κ2) is 3.05. The van der Waals surface area contributed by atoms with Gasteiger partial charge >= 0.3 is 0 Å². The summed E-state index contributed by atoms with van der Waals surface area (Å²) in [7, 11) is 1.89. The number of rotatable bonds is 1. The molecule has 68 valence electrons. The van der Waals surface area contributed by atoms with Crippen LogP contribution in [-0.4, -0.2) is 9.67 Å². The highest BCUT2D eigenvalue weighted by Gasteiger charge is 2.10. The van der Waals surface area contributed by atoms with Gasteiger partial charge in [-0.3, -0.25) is 0 Å². The molecule has 0 unspecified atom stereocenters. The third-order valence-corrected chi connectivity index (χ3v) is 2.77. The number of fused-ring (bicyclic) bond motifs is 1. The summed E-state index contributed by atoms with van der Waals surface area (Å²) in [6.07, 6.45) is 0. The van der Waals surface area contributed by atoms with Crippen LogP contribution in [0.25, 0.3) is 10.9 Å². The average molecular weight is 196 g/mol. The van der Waals surface area contributed by atoms with Gasteiger partial charge in [-0.25, -0.2) is 0 Å². The van der Waals surface area contributed by atoms with E-state index < -0.39 is 0 Å². The van der Waals surface area contributed by atoms with E-state index in [1.807, 2.05) is 35.9 Å². The maximum Gasteiger partial charge on any atom is 0.115 e. The SMILES string of the molecule is Cn1c(Cl)c(CO)c2ccccc21. The van der Waals surface area contributed by atoms with Crippen molar-refractivity contribution in [2.45, 2.75) is 6.61 Å². The zero-order valence-corrected chi connectivity index (χ0v) is 8.04. The summed E-state index contributed by atoms with van der Waals surface area (Å²) in [6.45, 7) is -0.0137. The Hall–Kier alpha value is -0.990. The Morgan fingerprint density at radius 3 is 2.77 bits per heavy atom. The van der Waals surface area contributed by atoms with E-state index in [0.717, 1.165) is 16.5 Å². The maximum atomic E-state index is 9.13. The second-order valence-corrected chi connectivity index (χ2v) is 3.36. The number of nitrogens with zero attached hydrogens (tertiary/aromatic N) is 1. The van der Waals surface area contributed by atoms with E-state index >= 15 is 0 Å². The van der Waals surface area contributed by atoms with Gasteiger partial charge in [-0.05, 0) is 6.07 Å². The Labute approximate surface area is 81.4 Å². The van der Waals surface area contributed by atoms with Crippen molar-refractivity contribution < 1.29 is 5.11 Å². The van der Waals surface area contributed by atoms with Crippen molar-refractivity contribution in [3.05, 3.63) is 35.0 Å². The molecule has 2 aromatic rings. The standard InChI is InChI=1S/C10H10ClNO/c1-12-9-5-3-2-4-7(9)8(6-13)10(12)11/h2-5,13H,6H2,1H3. The molecular formula is C10H10ClNO. The van der Waals surface area contributed by atoms with Gasteiger partial charge in [0.1, 0.15) is 5.15 Å². The Balaban J connectivity index is 2.90. The van der Waals surface area contributed by atoms with E-state index in [0.29, 0.717) is 5.15 Å². The largest absolute Gasteiger partial charge is 0.392 e. The van der Waals surface area contributed by atoms with E-state index in [1.165, 1.54) is 0 Å². The van der Waals surface area contributed by atoms with Gasteiger partial charge in [-0.15, -0.1) is 0 Å². The zero-order chi connectivity index (χ0) is 9.42. The number of aliphatic hydroxyl groups excluding tert-OH is 1. The molecule has 0 fully saturated rings. The van der Waals surface area contributed by atoms with Crippen LogP contribution >= 0.6 is 11.6 Å². The molecule has 1 aromatic carbocycles. The summed E-state index contributed by atoms with van der Waals surface area (Å²) in [6, 6.07) is 7.85. The fourth-order valence-electron chi connectivity index (χ4n) is 1.59. The quantitative estimate of drug-likeness (QED) is 0.743. The van der Waals surface area contributed by atoms with Crippen LogP contribution in [0.2, 0.25) is 5.15 Å². The normalized spacial score (nSPS) is 11.0. The van der Waals surface area contributed by atoms with Gasteiger partial charge in [-0.2, -0.15) is 0 Å². The van der Waals surface area contributed by atoms with Crippen molar-refractivity contribution in [3.8, 4) is 0 Å². The van der Waals surface area contributed by atoms with Crippen LogP contribution < -0.4 is 0 Å². The highest BCUT2D eigenvalue weighted by molar-refractivity contribution is 6.32. The van der Waals surface area contributed by atoms with Crippen molar-refractivity contribution in [2.75, 3.05) is 0 Å². The van der Waals surface area contributed by atoms with Crippen LogP contribution in [0.5, 0.6) is 0 Å². The number of halogens is 1. The van der Waals surface area contributed by atoms with E-state index in [1.54, 1.807) is 0 Å². The molecule has 0 aliphatic rings. The van der Waals surface area contributed by atoms with Crippen LogP contribution in [0.4, 0.5) is 0 Å². The molecule has 0 radical (unpaired) electrons. The molecule has 2 rings (SSSR count). The van der Waals surface area contributed by atoms with Crippen molar-refractivity contribution >= 4 is 22.5 Å². The molecule has 0 saturated carbocycles. The molecule has 0 saturated heterocycles. The van der Waals surface area contributed by atoms with Crippen LogP contribution in [0.3, 0.4) is 0 Å². The first-order valence-electron chi connectivity index (χ1n) is 4.08. The van der Waals surface area contributed by atoms with Crippen LogP contribution in [0.15, 0.2) is 24.3 Å². The summed E-state index contributed by atoms with van der Waals surface area (Å²) in [5, 5.41) is 10.8. The Morgan fingerprint density at radius 2 is 2.08 bits per heavy atom. The second-order valence-electron chi connectivity index (χ2n) is 3.00. The lowest BCUT2D eigenvalue weighted by molar-refractivity contribution is 0.283. The Bertz CT molecular complexity index is 447. The van der Waals surface area contributed by atoms with Crippen molar-refractivity contribution in [3.63, 3.8) is 0 Å². The molecule has 1 heterocycles. The van der Waals surface area contributed by atoms with Crippen molar-refractivity contribution in [2.24, 2.45) is 7.05 Å². The Morgan fingerprint density at radius 1 is 1.38 bits per heavy atom. The first-order chi connectivity index (χ1) is 6.25. The molecule has 0 aliphatic heterocycles. The van der Waals surface area contributed by atoms with Gasteiger partial charge in [0, 0.05) is 23.5 Å². The molecule has 0 amide bonds. The lowest BCUT2D eigenvalue weighted by Crippen LogP contribution is -1.87. The topological polar surface area (TPSA) is 25.2 Å². The number of aryl methyl sites for hydroxylation is 1. The monoisotopic (exact) mass is 195 g/mol. The highest BCUT2D eigenvalue weighted by Crippen LogP contribution is 2.28. The van der Waals surface area contributed by atoms with Gasteiger partial charge in [0.25, 0.3) is 0 Å². The van der Waals surface area contributed by atoms with Gasteiger partial charge in [-0.1, -0.05) is 29.8 Å². The molecular weight excluding hydrogens is 186 g/mol. The summed E-state index contributed by atoms with van der Waals surface area (Å²) >= 11 is 6.04. The van der Waals surface area contributed by atoms with E-state index in [9.17, 15) is 0 Å². The predicted octanol–water partition coefficient (Wildman–Crippen LogP) is 2.32. The van der Waals surface area contributed by atoms with Crippen LogP contribution in [0, 0.1) is 0 Å².